The van der Waals surface area contributed by atoms with E-state index in [1.807, 2.05) is 12.1 Å². The van der Waals surface area contributed by atoms with Crippen molar-refractivity contribution >= 4 is 6.08 Å². The minimum atomic E-state index is 0.318. The number of aromatic hydroxyl groups is 1. The zero-order chi connectivity index (χ0) is 12.7. The Bertz CT molecular complexity index is 380. The summed E-state index contributed by atoms with van der Waals surface area (Å²) in [5, 5.41) is 9.17. The first-order valence-corrected chi connectivity index (χ1v) is 6.18. The molecule has 0 bridgehead atoms. The van der Waals surface area contributed by atoms with Gasteiger partial charge in [-0.25, -0.2) is 0 Å². The predicted octanol–water partition coefficient (Wildman–Crippen LogP) is 4.79. The van der Waals surface area contributed by atoms with Crippen LogP contribution in [0.25, 0.3) is 6.08 Å². The second-order valence-corrected chi connectivity index (χ2v) is 4.79. The van der Waals surface area contributed by atoms with Crippen LogP contribution in [0.5, 0.6) is 5.75 Å². The molecule has 1 N–H and O–H groups in total. The van der Waals surface area contributed by atoms with E-state index < -0.39 is 0 Å². The minimum absolute atomic E-state index is 0.318. The van der Waals surface area contributed by atoms with Crippen molar-refractivity contribution in [2.45, 2.75) is 33.6 Å². The van der Waals surface area contributed by atoms with Gasteiger partial charge in [-0.05, 0) is 50.3 Å². The number of allylic oxidation sites excluding steroid dienone is 3. The highest BCUT2D eigenvalue weighted by Gasteiger charge is 1.95. The lowest BCUT2D eigenvalue weighted by atomic mass is 10.0. The Labute approximate surface area is 104 Å². The van der Waals surface area contributed by atoms with Crippen LogP contribution in [0.2, 0.25) is 0 Å². The van der Waals surface area contributed by atoms with Gasteiger partial charge in [0, 0.05) is 0 Å². The quantitative estimate of drug-likeness (QED) is 0.721. The first-order valence-electron chi connectivity index (χ1n) is 6.18. The van der Waals surface area contributed by atoms with E-state index in [1.165, 1.54) is 12.0 Å². The number of benzene rings is 1. The molecule has 0 heterocycles. The first kappa shape index (κ1) is 13.6. The molecule has 92 valence electrons. The Balaban J connectivity index is 2.42. The normalized spacial score (nSPS) is 12.6. The fourth-order valence-electron chi connectivity index (χ4n) is 1.59. The second kappa shape index (κ2) is 6.95. The molecule has 0 aromatic heterocycles. The molecule has 1 heteroatoms. The molecule has 1 nitrogen and oxygen atoms in total. The molecule has 0 fully saturated rings. The van der Waals surface area contributed by atoms with Gasteiger partial charge >= 0.3 is 0 Å². The zero-order valence-corrected chi connectivity index (χ0v) is 11.0. The number of phenolic OH excluding ortho intramolecular Hbond substituents is 1. The number of hydrogen-bond acceptors (Lipinski definition) is 1. The lowest BCUT2D eigenvalue weighted by Gasteiger charge is -2.03. The highest BCUT2D eigenvalue weighted by molar-refractivity contribution is 5.50. The van der Waals surface area contributed by atoms with Gasteiger partial charge in [0.2, 0.25) is 0 Å². The Morgan fingerprint density at radius 1 is 1.24 bits per heavy atom. The van der Waals surface area contributed by atoms with Crippen LogP contribution in [0.1, 0.15) is 39.2 Å². The van der Waals surface area contributed by atoms with E-state index >= 15 is 0 Å². The monoisotopic (exact) mass is 230 g/mol. The van der Waals surface area contributed by atoms with Gasteiger partial charge in [-0.1, -0.05) is 42.9 Å². The smallest absolute Gasteiger partial charge is 0.115 e. The maximum absolute atomic E-state index is 9.17. The molecule has 0 aliphatic rings. The molecular weight excluding hydrogens is 208 g/mol. The van der Waals surface area contributed by atoms with Crippen molar-refractivity contribution in [3.63, 3.8) is 0 Å². The fraction of sp³-hybridized carbons (Fsp3) is 0.375. The van der Waals surface area contributed by atoms with Gasteiger partial charge in [0.1, 0.15) is 5.75 Å². The molecule has 0 aliphatic carbocycles. The Hall–Kier alpha value is -1.50. The van der Waals surface area contributed by atoms with E-state index in [1.54, 1.807) is 12.1 Å². The predicted molar refractivity (Wildman–Crippen MR) is 75.0 cm³/mol. The molecule has 17 heavy (non-hydrogen) atoms. The van der Waals surface area contributed by atoms with E-state index in [2.05, 4.69) is 39.0 Å². The molecule has 0 radical (unpaired) electrons. The van der Waals surface area contributed by atoms with Crippen LogP contribution in [-0.4, -0.2) is 5.11 Å². The second-order valence-electron chi connectivity index (χ2n) is 4.79. The average molecular weight is 230 g/mol. The SMILES string of the molecule is CC(C)=CCCC(C)/C=C\c1ccc(O)cc1. The summed E-state index contributed by atoms with van der Waals surface area (Å²) in [5.41, 5.74) is 2.52. The summed E-state index contributed by atoms with van der Waals surface area (Å²) in [6, 6.07) is 7.28. The maximum atomic E-state index is 9.17. The van der Waals surface area contributed by atoms with Crippen LogP contribution in [0.4, 0.5) is 0 Å². The molecule has 0 spiro atoms. The van der Waals surface area contributed by atoms with Crippen molar-refractivity contribution in [1.29, 1.82) is 0 Å². The molecule has 0 saturated carbocycles. The van der Waals surface area contributed by atoms with Crippen molar-refractivity contribution in [3.05, 3.63) is 47.6 Å². The van der Waals surface area contributed by atoms with Crippen LogP contribution < -0.4 is 0 Å². The molecular formula is C16H22O. The lowest BCUT2D eigenvalue weighted by Crippen LogP contribution is -1.88. The molecule has 1 atom stereocenters. The molecule has 1 aromatic carbocycles. The molecule has 0 saturated heterocycles. The fourth-order valence-corrected chi connectivity index (χ4v) is 1.59. The number of phenols is 1. The molecule has 1 rings (SSSR count). The maximum Gasteiger partial charge on any atom is 0.115 e. The number of hydrogen-bond donors (Lipinski definition) is 1. The molecule has 1 unspecified atom stereocenters. The van der Waals surface area contributed by atoms with Crippen molar-refractivity contribution in [2.75, 3.05) is 0 Å². The number of rotatable bonds is 5. The van der Waals surface area contributed by atoms with Gasteiger partial charge in [0.05, 0.1) is 0 Å². The third kappa shape index (κ3) is 5.96. The van der Waals surface area contributed by atoms with Crippen molar-refractivity contribution in [1.82, 2.24) is 0 Å². The standard InChI is InChI=1S/C16H22O/c1-13(2)5-4-6-14(3)7-8-15-9-11-16(17)12-10-15/h5,7-12,14,17H,4,6H2,1-3H3/b8-7-. The van der Waals surface area contributed by atoms with E-state index in [-0.39, 0.29) is 0 Å². The summed E-state index contributed by atoms with van der Waals surface area (Å²) in [7, 11) is 0. The molecule has 0 aliphatic heterocycles. The largest absolute Gasteiger partial charge is 0.508 e. The molecule has 0 amide bonds. The summed E-state index contributed by atoms with van der Waals surface area (Å²) in [6.07, 6.45) is 8.95. The van der Waals surface area contributed by atoms with Gasteiger partial charge in [-0.3, -0.25) is 0 Å². The highest BCUT2D eigenvalue weighted by atomic mass is 16.3. The Kier molecular flexibility index (Phi) is 5.55. The van der Waals surface area contributed by atoms with Gasteiger partial charge in [0.25, 0.3) is 0 Å². The Morgan fingerprint density at radius 2 is 1.88 bits per heavy atom. The first-order chi connectivity index (χ1) is 8.08. The third-order valence-electron chi connectivity index (χ3n) is 2.68. The summed E-state index contributed by atoms with van der Waals surface area (Å²) in [6.45, 7) is 6.50. The van der Waals surface area contributed by atoms with Crippen molar-refractivity contribution in [2.24, 2.45) is 5.92 Å². The zero-order valence-electron chi connectivity index (χ0n) is 11.0. The summed E-state index contributed by atoms with van der Waals surface area (Å²) in [5.74, 6) is 0.901. The van der Waals surface area contributed by atoms with Gasteiger partial charge in [-0.15, -0.1) is 0 Å². The van der Waals surface area contributed by atoms with E-state index in [0.717, 1.165) is 12.0 Å². The minimum Gasteiger partial charge on any atom is -0.508 e. The van der Waals surface area contributed by atoms with Crippen LogP contribution in [-0.2, 0) is 0 Å². The average Bonchev–Trinajstić information content (AvgIpc) is 2.28. The summed E-state index contributed by atoms with van der Waals surface area (Å²) in [4.78, 5) is 0. The topological polar surface area (TPSA) is 20.2 Å². The van der Waals surface area contributed by atoms with E-state index in [4.69, 9.17) is 0 Å². The van der Waals surface area contributed by atoms with E-state index in [9.17, 15) is 5.11 Å². The van der Waals surface area contributed by atoms with Gasteiger partial charge < -0.3 is 5.11 Å². The highest BCUT2D eigenvalue weighted by Crippen LogP contribution is 2.14. The van der Waals surface area contributed by atoms with Crippen molar-refractivity contribution in [3.8, 4) is 5.75 Å². The van der Waals surface area contributed by atoms with E-state index in [0.29, 0.717) is 11.7 Å². The van der Waals surface area contributed by atoms with Crippen LogP contribution >= 0.6 is 0 Å². The van der Waals surface area contributed by atoms with Crippen LogP contribution in [0.3, 0.4) is 0 Å². The third-order valence-corrected chi connectivity index (χ3v) is 2.68. The van der Waals surface area contributed by atoms with Crippen molar-refractivity contribution < 1.29 is 5.11 Å². The Morgan fingerprint density at radius 3 is 2.47 bits per heavy atom. The summed E-state index contributed by atoms with van der Waals surface area (Å²) < 4.78 is 0. The van der Waals surface area contributed by atoms with Crippen LogP contribution in [0, 0.1) is 5.92 Å². The van der Waals surface area contributed by atoms with Crippen LogP contribution in [0.15, 0.2) is 42.0 Å². The lowest BCUT2D eigenvalue weighted by molar-refractivity contribution is 0.475. The van der Waals surface area contributed by atoms with Gasteiger partial charge in [0.15, 0.2) is 0 Å². The van der Waals surface area contributed by atoms with Gasteiger partial charge in [-0.2, -0.15) is 0 Å². The summed E-state index contributed by atoms with van der Waals surface area (Å²) >= 11 is 0. The molecule has 1 aromatic rings.